The second-order valence-corrected chi connectivity index (χ2v) is 8.30. The van der Waals surface area contributed by atoms with Crippen LogP contribution in [0.25, 0.3) is 10.9 Å². The molecule has 0 aliphatic heterocycles. The Morgan fingerprint density at radius 2 is 2.00 bits per heavy atom. The first kappa shape index (κ1) is 19.2. The summed E-state index contributed by atoms with van der Waals surface area (Å²) >= 11 is 12.6. The van der Waals surface area contributed by atoms with E-state index < -0.39 is 11.8 Å². The minimum absolute atomic E-state index is 0.528. The van der Waals surface area contributed by atoms with E-state index in [4.69, 9.17) is 27.9 Å². The second-order valence-electron chi connectivity index (χ2n) is 7.46. The van der Waals surface area contributed by atoms with E-state index in [9.17, 15) is 9.90 Å². The minimum atomic E-state index is -1.22. The number of aromatic amines is 1. The number of H-pyrrole nitrogens is 1. The van der Waals surface area contributed by atoms with Crippen molar-refractivity contribution in [2.45, 2.75) is 44.1 Å². The van der Waals surface area contributed by atoms with Crippen molar-refractivity contribution in [2.75, 3.05) is 0 Å². The summed E-state index contributed by atoms with van der Waals surface area (Å²) in [6.07, 6.45) is 3.10. The SMILES string of the molecule is O=C(O)OC1(CCCc2ccccc2)CCc2[nH]c3c(Cl)cc(Cl)cc3c2C1. The molecule has 1 heterocycles. The average Bonchev–Trinajstić information content (AvgIpc) is 3.00. The van der Waals surface area contributed by atoms with Crippen molar-refractivity contribution in [3.63, 3.8) is 0 Å². The predicted octanol–water partition coefficient (Wildman–Crippen LogP) is 6.42. The van der Waals surface area contributed by atoms with E-state index in [0.29, 0.717) is 29.3 Å². The average molecular weight is 418 g/mol. The van der Waals surface area contributed by atoms with Crippen molar-refractivity contribution in [3.8, 4) is 0 Å². The number of aromatic nitrogens is 1. The van der Waals surface area contributed by atoms with Gasteiger partial charge < -0.3 is 14.8 Å². The standard InChI is InChI=1S/C22H21Cl2NO3/c23-15-11-16-17-13-22(28-21(26)27,9-4-7-14-5-2-1-3-6-14)10-8-19(17)25-20(16)18(24)12-15/h1-3,5-6,11-12,25H,4,7-10,13H2,(H,26,27). The number of fused-ring (bicyclic) bond motifs is 3. The molecule has 146 valence electrons. The van der Waals surface area contributed by atoms with Gasteiger partial charge in [-0.2, -0.15) is 0 Å². The molecule has 28 heavy (non-hydrogen) atoms. The van der Waals surface area contributed by atoms with Crippen molar-refractivity contribution < 1.29 is 14.6 Å². The Hall–Kier alpha value is -2.17. The van der Waals surface area contributed by atoms with E-state index >= 15 is 0 Å². The van der Waals surface area contributed by atoms with E-state index in [1.807, 2.05) is 24.3 Å². The van der Waals surface area contributed by atoms with E-state index in [1.54, 1.807) is 6.07 Å². The number of nitrogens with one attached hydrogen (secondary N) is 1. The first-order valence-electron chi connectivity index (χ1n) is 9.40. The minimum Gasteiger partial charge on any atom is -0.450 e. The van der Waals surface area contributed by atoms with Gasteiger partial charge in [-0.1, -0.05) is 53.5 Å². The number of aryl methyl sites for hydroxylation is 2. The lowest BCUT2D eigenvalue weighted by Gasteiger charge is -2.36. The Kier molecular flexibility index (Phi) is 5.26. The second kappa shape index (κ2) is 7.69. The van der Waals surface area contributed by atoms with Gasteiger partial charge in [-0.05, 0) is 55.4 Å². The first-order valence-corrected chi connectivity index (χ1v) is 10.2. The van der Waals surface area contributed by atoms with Gasteiger partial charge in [0.05, 0.1) is 10.5 Å². The third-order valence-electron chi connectivity index (χ3n) is 5.59. The van der Waals surface area contributed by atoms with Gasteiger partial charge in [-0.25, -0.2) is 4.79 Å². The first-order chi connectivity index (χ1) is 13.5. The van der Waals surface area contributed by atoms with Gasteiger partial charge >= 0.3 is 6.16 Å². The number of benzene rings is 2. The Balaban J connectivity index is 1.61. The summed E-state index contributed by atoms with van der Waals surface area (Å²) in [6, 6.07) is 13.8. The quantitative estimate of drug-likeness (QED) is 0.470. The number of carboxylic acid groups (broad SMARTS) is 1. The summed E-state index contributed by atoms with van der Waals surface area (Å²) < 4.78 is 5.49. The number of hydrogen-bond acceptors (Lipinski definition) is 2. The maximum Gasteiger partial charge on any atom is 0.506 e. The van der Waals surface area contributed by atoms with Gasteiger partial charge in [0.2, 0.25) is 0 Å². The molecule has 3 aromatic rings. The molecule has 0 saturated carbocycles. The largest absolute Gasteiger partial charge is 0.506 e. The van der Waals surface area contributed by atoms with Crippen LogP contribution in [0.5, 0.6) is 0 Å². The van der Waals surface area contributed by atoms with Gasteiger partial charge in [0.1, 0.15) is 5.60 Å². The Morgan fingerprint density at radius 1 is 1.21 bits per heavy atom. The van der Waals surface area contributed by atoms with Gasteiger partial charge in [-0.15, -0.1) is 0 Å². The normalized spacial score (nSPS) is 18.8. The third-order valence-corrected chi connectivity index (χ3v) is 6.11. The number of ether oxygens (including phenoxy) is 1. The van der Waals surface area contributed by atoms with E-state index in [0.717, 1.165) is 41.4 Å². The molecule has 2 N–H and O–H groups in total. The molecule has 2 aromatic carbocycles. The van der Waals surface area contributed by atoms with Crippen LogP contribution < -0.4 is 0 Å². The molecule has 1 atom stereocenters. The van der Waals surface area contributed by atoms with Crippen LogP contribution in [0.1, 0.15) is 36.1 Å². The van der Waals surface area contributed by atoms with Crippen LogP contribution in [0, 0.1) is 0 Å². The fourth-order valence-electron chi connectivity index (χ4n) is 4.30. The van der Waals surface area contributed by atoms with Gasteiger partial charge in [0.25, 0.3) is 0 Å². The molecule has 1 aliphatic carbocycles. The van der Waals surface area contributed by atoms with Crippen LogP contribution in [0.4, 0.5) is 4.79 Å². The molecule has 0 bridgehead atoms. The molecule has 6 heteroatoms. The molecular weight excluding hydrogens is 397 g/mol. The topological polar surface area (TPSA) is 62.3 Å². The molecule has 4 nitrogen and oxygen atoms in total. The Labute approximate surface area is 173 Å². The van der Waals surface area contributed by atoms with Crippen LogP contribution in [-0.4, -0.2) is 21.8 Å². The molecule has 4 rings (SSSR count). The van der Waals surface area contributed by atoms with E-state index in [-0.39, 0.29) is 0 Å². The fraction of sp³-hybridized carbons (Fsp3) is 0.318. The van der Waals surface area contributed by atoms with Crippen molar-refractivity contribution in [1.82, 2.24) is 4.98 Å². The van der Waals surface area contributed by atoms with Gasteiger partial charge in [0.15, 0.2) is 0 Å². The summed E-state index contributed by atoms with van der Waals surface area (Å²) in [5.41, 5.74) is 3.53. The summed E-state index contributed by atoms with van der Waals surface area (Å²) in [7, 11) is 0. The maximum absolute atomic E-state index is 11.5. The summed E-state index contributed by atoms with van der Waals surface area (Å²) in [5, 5.41) is 11.5. The highest BCUT2D eigenvalue weighted by Gasteiger charge is 2.39. The van der Waals surface area contributed by atoms with E-state index in [2.05, 4.69) is 17.1 Å². The highest BCUT2D eigenvalue weighted by atomic mass is 35.5. The molecule has 0 spiro atoms. The highest BCUT2D eigenvalue weighted by molar-refractivity contribution is 6.38. The molecule has 1 aromatic heterocycles. The number of carbonyl (C=O) groups is 1. The Bertz CT molecular complexity index is 1020. The van der Waals surface area contributed by atoms with Crippen molar-refractivity contribution >= 4 is 40.3 Å². The zero-order valence-corrected chi connectivity index (χ0v) is 16.8. The van der Waals surface area contributed by atoms with Crippen LogP contribution in [-0.2, 0) is 24.0 Å². The molecular formula is C22H21Cl2NO3. The van der Waals surface area contributed by atoms with Crippen molar-refractivity contribution in [3.05, 3.63) is 69.3 Å². The molecule has 0 saturated heterocycles. The molecule has 1 unspecified atom stereocenters. The number of halogens is 2. The van der Waals surface area contributed by atoms with Crippen molar-refractivity contribution in [2.24, 2.45) is 0 Å². The van der Waals surface area contributed by atoms with Crippen LogP contribution in [0.15, 0.2) is 42.5 Å². The summed E-state index contributed by atoms with van der Waals surface area (Å²) in [5.74, 6) is 0. The number of rotatable bonds is 5. The van der Waals surface area contributed by atoms with Gasteiger partial charge in [-0.3, -0.25) is 0 Å². The van der Waals surface area contributed by atoms with Crippen LogP contribution in [0.3, 0.4) is 0 Å². The molecule has 1 aliphatic rings. The Morgan fingerprint density at radius 3 is 2.75 bits per heavy atom. The van der Waals surface area contributed by atoms with Crippen LogP contribution in [0.2, 0.25) is 10.0 Å². The maximum atomic E-state index is 11.5. The zero-order chi connectivity index (χ0) is 19.7. The van der Waals surface area contributed by atoms with Crippen molar-refractivity contribution in [1.29, 1.82) is 0 Å². The van der Waals surface area contributed by atoms with E-state index in [1.165, 1.54) is 5.56 Å². The molecule has 0 fully saturated rings. The predicted molar refractivity (Wildman–Crippen MR) is 112 cm³/mol. The highest BCUT2D eigenvalue weighted by Crippen LogP contribution is 2.41. The number of hydrogen-bond donors (Lipinski definition) is 2. The summed E-state index contributed by atoms with van der Waals surface area (Å²) in [6.45, 7) is 0. The lowest BCUT2D eigenvalue weighted by molar-refractivity contribution is -0.0339. The molecule has 0 amide bonds. The zero-order valence-electron chi connectivity index (χ0n) is 15.3. The fourth-order valence-corrected chi connectivity index (χ4v) is 4.84. The smallest absolute Gasteiger partial charge is 0.450 e. The van der Waals surface area contributed by atoms with Crippen LogP contribution >= 0.6 is 23.2 Å². The monoisotopic (exact) mass is 417 g/mol. The molecule has 0 radical (unpaired) electrons. The third kappa shape index (κ3) is 3.85. The van der Waals surface area contributed by atoms with Gasteiger partial charge in [0, 0.05) is 22.5 Å². The summed E-state index contributed by atoms with van der Waals surface area (Å²) in [4.78, 5) is 14.8. The lowest BCUT2D eigenvalue weighted by atomic mass is 9.79. The lowest BCUT2D eigenvalue weighted by Crippen LogP contribution is -2.40.